The number of benzene rings is 1. The molecule has 1 rings (SSSR count). The summed E-state index contributed by atoms with van der Waals surface area (Å²) < 4.78 is 35.1. The van der Waals surface area contributed by atoms with Gasteiger partial charge in [-0.2, -0.15) is 0 Å². The van der Waals surface area contributed by atoms with Gasteiger partial charge in [0.2, 0.25) is 0 Å². The molecule has 0 atom stereocenters. The van der Waals surface area contributed by atoms with Gasteiger partial charge in [-0.15, -0.1) is 0 Å². The molecule has 5 heteroatoms. The molecule has 0 aromatic heterocycles. The van der Waals surface area contributed by atoms with E-state index in [0.29, 0.717) is 13.0 Å². The maximum absolute atomic E-state index is 12.6. The fourth-order valence-electron chi connectivity index (χ4n) is 1.57. The van der Waals surface area contributed by atoms with Gasteiger partial charge in [-0.25, -0.2) is 12.8 Å². The molecule has 0 aliphatic heterocycles. The molecule has 1 aromatic carbocycles. The quantitative estimate of drug-likeness (QED) is 0.734. The molecule has 0 fully saturated rings. The van der Waals surface area contributed by atoms with Crippen molar-refractivity contribution in [3.63, 3.8) is 0 Å². The lowest BCUT2D eigenvalue weighted by Gasteiger charge is -2.05. The Bertz CT molecular complexity index is 443. The summed E-state index contributed by atoms with van der Waals surface area (Å²) in [5.41, 5.74) is 1.07. The lowest BCUT2D eigenvalue weighted by molar-refractivity contribution is 0.590. The number of rotatable bonds is 8. The van der Waals surface area contributed by atoms with Crippen LogP contribution in [-0.4, -0.2) is 33.0 Å². The van der Waals surface area contributed by atoms with Crippen molar-refractivity contribution in [2.45, 2.75) is 19.8 Å². The maximum Gasteiger partial charge on any atom is 0.150 e. The summed E-state index contributed by atoms with van der Waals surface area (Å²) in [5, 5.41) is 3.19. The monoisotopic (exact) mass is 273 g/mol. The lowest BCUT2D eigenvalue weighted by atomic mass is 10.1. The van der Waals surface area contributed by atoms with Crippen molar-refractivity contribution < 1.29 is 12.8 Å². The summed E-state index contributed by atoms with van der Waals surface area (Å²) in [5.74, 6) is 0.229. The zero-order valence-electron chi connectivity index (χ0n) is 10.7. The third-order valence-corrected chi connectivity index (χ3v) is 4.54. The van der Waals surface area contributed by atoms with Crippen LogP contribution in [0.3, 0.4) is 0 Å². The number of hydrogen-bond acceptors (Lipinski definition) is 3. The first-order chi connectivity index (χ1) is 8.53. The number of sulfone groups is 1. The second-order valence-corrected chi connectivity index (χ2v) is 6.69. The fourth-order valence-corrected chi connectivity index (χ4v) is 2.44. The predicted molar refractivity (Wildman–Crippen MR) is 71.9 cm³/mol. The van der Waals surface area contributed by atoms with Gasteiger partial charge < -0.3 is 5.32 Å². The zero-order valence-corrected chi connectivity index (χ0v) is 11.5. The topological polar surface area (TPSA) is 46.2 Å². The van der Waals surface area contributed by atoms with E-state index in [1.54, 1.807) is 19.1 Å². The van der Waals surface area contributed by atoms with Crippen molar-refractivity contribution in [1.82, 2.24) is 5.32 Å². The first-order valence-corrected chi connectivity index (χ1v) is 8.01. The van der Waals surface area contributed by atoms with Crippen LogP contribution in [-0.2, 0) is 16.3 Å². The first kappa shape index (κ1) is 15.1. The minimum atomic E-state index is -2.85. The van der Waals surface area contributed by atoms with Gasteiger partial charge in [-0.05, 0) is 43.6 Å². The second kappa shape index (κ2) is 7.48. The van der Waals surface area contributed by atoms with E-state index in [1.165, 1.54) is 12.1 Å². The Morgan fingerprint density at radius 1 is 1.17 bits per heavy atom. The highest BCUT2D eigenvalue weighted by Gasteiger charge is 2.05. The van der Waals surface area contributed by atoms with Crippen LogP contribution in [0.5, 0.6) is 0 Å². The van der Waals surface area contributed by atoms with E-state index >= 15 is 0 Å². The van der Waals surface area contributed by atoms with Crippen LogP contribution in [0.2, 0.25) is 0 Å². The van der Waals surface area contributed by atoms with Crippen LogP contribution in [0.1, 0.15) is 18.9 Å². The van der Waals surface area contributed by atoms with Crippen LogP contribution in [0.4, 0.5) is 4.39 Å². The molecule has 0 bridgehead atoms. The van der Waals surface area contributed by atoms with E-state index in [9.17, 15) is 12.8 Å². The molecule has 1 N–H and O–H groups in total. The minimum absolute atomic E-state index is 0.211. The van der Waals surface area contributed by atoms with Gasteiger partial charge in [0, 0.05) is 5.75 Å². The molecule has 0 saturated heterocycles. The van der Waals surface area contributed by atoms with Gasteiger partial charge in [0.15, 0.2) is 0 Å². The molecule has 1 aromatic rings. The average molecular weight is 273 g/mol. The molecule has 102 valence electrons. The Morgan fingerprint density at radius 3 is 2.44 bits per heavy atom. The Morgan fingerprint density at radius 2 is 1.83 bits per heavy atom. The molecule has 0 aliphatic rings. The van der Waals surface area contributed by atoms with E-state index in [2.05, 4.69) is 5.32 Å². The van der Waals surface area contributed by atoms with Crippen LogP contribution < -0.4 is 5.32 Å². The number of halogens is 1. The van der Waals surface area contributed by atoms with E-state index in [1.807, 2.05) is 0 Å². The van der Waals surface area contributed by atoms with Gasteiger partial charge in [0.25, 0.3) is 0 Å². The summed E-state index contributed by atoms with van der Waals surface area (Å²) in [7, 11) is -2.85. The maximum atomic E-state index is 12.6. The second-order valence-electron chi connectivity index (χ2n) is 4.22. The van der Waals surface area contributed by atoms with Crippen molar-refractivity contribution in [2.75, 3.05) is 24.6 Å². The summed E-state index contributed by atoms with van der Waals surface area (Å²) in [6.45, 7) is 3.13. The Balaban J connectivity index is 2.11. The summed E-state index contributed by atoms with van der Waals surface area (Å²) >= 11 is 0. The highest BCUT2D eigenvalue weighted by molar-refractivity contribution is 7.91. The zero-order chi connectivity index (χ0) is 13.4. The summed E-state index contributed by atoms with van der Waals surface area (Å²) in [4.78, 5) is 0. The average Bonchev–Trinajstić information content (AvgIpc) is 2.36. The summed E-state index contributed by atoms with van der Waals surface area (Å²) in [6, 6.07) is 6.42. The molecule has 0 heterocycles. The highest BCUT2D eigenvalue weighted by atomic mass is 32.2. The SMILES string of the molecule is CCS(=O)(=O)CCCNCCc1ccc(F)cc1. The largest absolute Gasteiger partial charge is 0.316 e. The number of hydrogen-bond donors (Lipinski definition) is 1. The molecule has 0 saturated carbocycles. The highest BCUT2D eigenvalue weighted by Crippen LogP contribution is 2.02. The summed E-state index contributed by atoms with van der Waals surface area (Å²) in [6.07, 6.45) is 1.46. The van der Waals surface area contributed by atoms with Gasteiger partial charge in [-0.3, -0.25) is 0 Å². The van der Waals surface area contributed by atoms with Crippen LogP contribution in [0.25, 0.3) is 0 Å². The third kappa shape index (κ3) is 6.12. The molecule has 3 nitrogen and oxygen atoms in total. The standard InChI is InChI=1S/C13H20FNO2S/c1-2-18(16,17)11-3-9-15-10-8-12-4-6-13(14)7-5-12/h4-7,15H,2-3,8-11H2,1H3. The van der Waals surface area contributed by atoms with E-state index in [4.69, 9.17) is 0 Å². The molecule has 0 amide bonds. The Kier molecular flexibility index (Phi) is 6.29. The van der Waals surface area contributed by atoms with Gasteiger partial charge in [0.05, 0.1) is 5.75 Å². The smallest absolute Gasteiger partial charge is 0.150 e. The van der Waals surface area contributed by atoms with Crippen molar-refractivity contribution >= 4 is 9.84 Å². The van der Waals surface area contributed by atoms with Crippen LogP contribution in [0.15, 0.2) is 24.3 Å². The molecular weight excluding hydrogens is 253 g/mol. The van der Waals surface area contributed by atoms with Crippen molar-refractivity contribution in [3.8, 4) is 0 Å². The van der Waals surface area contributed by atoms with E-state index in [0.717, 1.165) is 18.5 Å². The Hall–Kier alpha value is -0.940. The Labute approximate surface area is 108 Å². The van der Waals surface area contributed by atoms with E-state index in [-0.39, 0.29) is 17.3 Å². The van der Waals surface area contributed by atoms with Crippen molar-refractivity contribution in [1.29, 1.82) is 0 Å². The molecule has 0 spiro atoms. The van der Waals surface area contributed by atoms with Crippen molar-refractivity contribution in [3.05, 3.63) is 35.6 Å². The molecular formula is C13H20FNO2S. The molecule has 0 radical (unpaired) electrons. The van der Waals surface area contributed by atoms with Crippen molar-refractivity contribution in [2.24, 2.45) is 0 Å². The molecule has 0 aliphatic carbocycles. The fraction of sp³-hybridized carbons (Fsp3) is 0.538. The first-order valence-electron chi connectivity index (χ1n) is 6.19. The third-order valence-electron chi connectivity index (χ3n) is 2.75. The minimum Gasteiger partial charge on any atom is -0.316 e. The predicted octanol–water partition coefficient (Wildman–Crippen LogP) is 1.78. The normalized spacial score (nSPS) is 11.7. The van der Waals surface area contributed by atoms with Crippen LogP contribution >= 0.6 is 0 Å². The molecule has 18 heavy (non-hydrogen) atoms. The van der Waals surface area contributed by atoms with Gasteiger partial charge in [-0.1, -0.05) is 19.1 Å². The van der Waals surface area contributed by atoms with Gasteiger partial charge in [0.1, 0.15) is 15.7 Å². The number of nitrogens with one attached hydrogen (secondary N) is 1. The molecule has 0 unspecified atom stereocenters. The van der Waals surface area contributed by atoms with E-state index < -0.39 is 9.84 Å². The van der Waals surface area contributed by atoms with Crippen LogP contribution in [0, 0.1) is 5.82 Å². The lowest BCUT2D eigenvalue weighted by Crippen LogP contribution is -2.21. The van der Waals surface area contributed by atoms with Gasteiger partial charge >= 0.3 is 0 Å².